The second-order valence-corrected chi connectivity index (χ2v) is 8.02. The summed E-state index contributed by atoms with van der Waals surface area (Å²) < 4.78 is 0. The maximum Gasteiger partial charge on any atom is 0.242 e. The summed E-state index contributed by atoms with van der Waals surface area (Å²) in [6.45, 7) is 1.52. The van der Waals surface area contributed by atoms with Crippen LogP contribution in [0.3, 0.4) is 0 Å². The lowest BCUT2D eigenvalue weighted by atomic mass is 10.1. The van der Waals surface area contributed by atoms with Crippen LogP contribution in [0.5, 0.6) is 0 Å². The van der Waals surface area contributed by atoms with Crippen molar-refractivity contribution in [3.8, 4) is 0 Å². The van der Waals surface area contributed by atoms with Crippen LogP contribution in [0.2, 0.25) is 0 Å². The van der Waals surface area contributed by atoms with E-state index in [1.54, 1.807) is 24.3 Å². The average molecular weight is 414 g/mol. The van der Waals surface area contributed by atoms with Crippen molar-refractivity contribution in [2.75, 3.05) is 17.7 Å². The molecule has 1 aliphatic heterocycles. The topological polar surface area (TPSA) is 78.5 Å². The van der Waals surface area contributed by atoms with E-state index < -0.39 is 0 Å². The summed E-state index contributed by atoms with van der Waals surface area (Å²) in [5.41, 5.74) is 2.22. The molecule has 0 aliphatic carbocycles. The number of carbonyl (C=O) groups excluding carboxylic acids is 3. The van der Waals surface area contributed by atoms with Gasteiger partial charge in [0, 0.05) is 35.3 Å². The van der Waals surface area contributed by atoms with E-state index in [2.05, 4.69) is 10.6 Å². The van der Waals surface area contributed by atoms with Crippen LogP contribution in [-0.4, -0.2) is 39.9 Å². The first-order valence-corrected chi connectivity index (χ1v) is 9.88. The van der Waals surface area contributed by atoms with Gasteiger partial charge in [0.05, 0.1) is 5.25 Å². The molecular formula is C20H19N3O3S2. The number of nitrogens with zero attached hydrogens (tertiary/aromatic N) is 1. The summed E-state index contributed by atoms with van der Waals surface area (Å²) in [6.07, 6.45) is 0.233. The molecule has 1 fully saturated rings. The number of rotatable bonds is 5. The Balaban J connectivity index is 1.55. The summed E-state index contributed by atoms with van der Waals surface area (Å²) in [5, 5.41) is 6.21. The number of carbonyl (C=O) groups is 3. The lowest BCUT2D eigenvalue weighted by Gasteiger charge is -2.12. The molecule has 1 heterocycles. The summed E-state index contributed by atoms with van der Waals surface area (Å²) >= 11 is 6.70. The number of benzene rings is 2. The van der Waals surface area contributed by atoms with E-state index in [0.29, 0.717) is 10.7 Å². The molecule has 3 rings (SSSR count). The zero-order valence-electron chi connectivity index (χ0n) is 15.4. The Labute approximate surface area is 172 Å². The minimum absolute atomic E-state index is 0.0144. The molecule has 0 radical (unpaired) electrons. The number of anilines is 2. The van der Waals surface area contributed by atoms with Gasteiger partial charge in [-0.2, -0.15) is 0 Å². The third-order valence-electron chi connectivity index (χ3n) is 4.28. The van der Waals surface area contributed by atoms with Gasteiger partial charge in [0.15, 0.2) is 10.9 Å². The lowest BCUT2D eigenvalue weighted by Crippen LogP contribution is -2.26. The van der Waals surface area contributed by atoms with Gasteiger partial charge in [-0.1, -0.05) is 0 Å². The summed E-state index contributed by atoms with van der Waals surface area (Å²) in [7, 11) is 1.51. The van der Waals surface area contributed by atoms with E-state index in [1.807, 2.05) is 24.3 Å². The Hall–Kier alpha value is -2.71. The van der Waals surface area contributed by atoms with Gasteiger partial charge < -0.3 is 10.6 Å². The first kappa shape index (κ1) is 20.0. The normalized spacial score (nSPS) is 16.2. The molecule has 2 N–H and O–H groups in total. The number of Topliss-reactive ketones (excluding diaryl/α,β-unsaturated/α-hetero) is 1. The average Bonchev–Trinajstić information content (AvgIpc) is 2.90. The zero-order valence-corrected chi connectivity index (χ0v) is 17.0. The summed E-state index contributed by atoms with van der Waals surface area (Å²) in [5.74, 6) is -0.285. The van der Waals surface area contributed by atoms with Crippen molar-refractivity contribution in [3.63, 3.8) is 0 Å². The molecule has 144 valence electrons. The fourth-order valence-corrected chi connectivity index (χ4v) is 4.02. The maximum atomic E-state index is 12.0. The van der Waals surface area contributed by atoms with Gasteiger partial charge in [-0.3, -0.25) is 19.3 Å². The van der Waals surface area contributed by atoms with Crippen LogP contribution in [0.1, 0.15) is 23.7 Å². The first-order valence-electron chi connectivity index (χ1n) is 8.59. The molecule has 2 amide bonds. The Kier molecular flexibility index (Phi) is 6.11. The number of thioether (sulfide) groups is 1. The van der Waals surface area contributed by atoms with Gasteiger partial charge >= 0.3 is 0 Å². The van der Waals surface area contributed by atoms with Crippen LogP contribution in [-0.2, 0) is 9.59 Å². The molecule has 0 aromatic heterocycles. The fraction of sp³-hybridized carbons (Fsp3) is 0.200. The third kappa shape index (κ3) is 4.76. The molecule has 8 heteroatoms. The van der Waals surface area contributed by atoms with Crippen LogP contribution in [0, 0.1) is 0 Å². The van der Waals surface area contributed by atoms with Crippen LogP contribution in [0.25, 0.3) is 0 Å². The van der Waals surface area contributed by atoms with Gasteiger partial charge in [0.2, 0.25) is 11.8 Å². The Morgan fingerprint density at radius 1 is 1.04 bits per heavy atom. The Morgan fingerprint density at radius 3 is 2.04 bits per heavy atom. The predicted octanol–water partition coefficient (Wildman–Crippen LogP) is 3.55. The highest BCUT2D eigenvalue weighted by Crippen LogP contribution is 2.31. The van der Waals surface area contributed by atoms with E-state index in [9.17, 15) is 14.4 Å². The molecule has 1 aliphatic rings. The van der Waals surface area contributed by atoms with Crippen molar-refractivity contribution in [3.05, 3.63) is 54.1 Å². The Morgan fingerprint density at radius 2 is 1.57 bits per heavy atom. The Bertz CT molecular complexity index is 927. The summed E-state index contributed by atoms with van der Waals surface area (Å²) in [6, 6.07) is 14.6. The van der Waals surface area contributed by atoms with Crippen molar-refractivity contribution in [2.45, 2.75) is 23.5 Å². The molecular weight excluding hydrogens is 394 g/mol. The largest absolute Gasteiger partial charge is 0.332 e. The van der Waals surface area contributed by atoms with E-state index in [0.717, 1.165) is 16.3 Å². The molecule has 1 atom stereocenters. The molecule has 0 saturated carbocycles. The number of nitrogens with one attached hydrogen (secondary N) is 2. The first-order chi connectivity index (χ1) is 13.3. The summed E-state index contributed by atoms with van der Waals surface area (Å²) in [4.78, 5) is 37.0. The zero-order chi connectivity index (χ0) is 20.3. The quantitative estimate of drug-likeness (QED) is 0.441. The van der Waals surface area contributed by atoms with Gasteiger partial charge in [-0.05, 0) is 67.7 Å². The van der Waals surface area contributed by atoms with Gasteiger partial charge in [0.25, 0.3) is 0 Å². The third-order valence-corrected chi connectivity index (χ3v) is 5.68. The molecule has 0 bridgehead atoms. The van der Waals surface area contributed by atoms with Gasteiger partial charge in [0.1, 0.15) is 0 Å². The van der Waals surface area contributed by atoms with Crippen LogP contribution >= 0.6 is 24.0 Å². The van der Waals surface area contributed by atoms with Crippen molar-refractivity contribution < 1.29 is 14.4 Å². The predicted molar refractivity (Wildman–Crippen MR) is 115 cm³/mol. The van der Waals surface area contributed by atoms with Crippen molar-refractivity contribution >= 4 is 58.1 Å². The second-order valence-electron chi connectivity index (χ2n) is 6.34. The van der Waals surface area contributed by atoms with Crippen LogP contribution in [0.4, 0.5) is 11.4 Å². The van der Waals surface area contributed by atoms with E-state index in [4.69, 9.17) is 12.2 Å². The molecule has 2 aromatic carbocycles. The van der Waals surface area contributed by atoms with Gasteiger partial charge in [-0.15, -0.1) is 11.8 Å². The molecule has 28 heavy (non-hydrogen) atoms. The highest BCUT2D eigenvalue weighted by molar-refractivity contribution is 8.00. The number of hydrogen-bond donors (Lipinski definition) is 2. The highest BCUT2D eigenvalue weighted by Gasteiger charge is 2.36. The monoisotopic (exact) mass is 413 g/mol. The molecule has 1 unspecified atom stereocenters. The van der Waals surface area contributed by atoms with Crippen molar-refractivity contribution in [1.82, 2.24) is 4.90 Å². The smallest absolute Gasteiger partial charge is 0.242 e. The van der Waals surface area contributed by atoms with Crippen molar-refractivity contribution in [1.29, 1.82) is 0 Å². The lowest BCUT2D eigenvalue weighted by molar-refractivity contribution is -0.136. The van der Waals surface area contributed by atoms with Crippen LogP contribution in [0.15, 0.2) is 53.4 Å². The minimum atomic E-state index is -0.364. The molecule has 0 spiro atoms. The minimum Gasteiger partial charge on any atom is -0.332 e. The number of hydrogen-bond acceptors (Lipinski definition) is 5. The number of imide groups is 1. The maximum absolute atomic E-state index is 12.0. The number of ketones is 1. The van der Waals surface area contributed by atoms with Crippen molar-refractivity contribution in [2.24, 2.45) is 0 Å². The van der Waals surface area contributed by atoms with Gasteiger partial charge in [-0.25, -0.2) is 0 Å². The van der Waals surface area contributed by atoms with E-state index >= 15 is 0 Å². The molecule has 6 nitrogen and oxygen atoms in total. The number of amides is 2. The second kappa shape index (κ2) is 8.53. The standard InChI is InChI=1S/C20H19N3O3S2/c1-12(24)13-3-5-14(6-4-13)21-20(27)22-15-7-9-16(10-8-15)28-17-11-18(25)23(2)19(17)26/h3-10,17H,11H2,1-2H3,(H2,21,22,27). The number of likely N-dealkylation sites (tertiary alicyclic amines) is 1. The number of thiocarbonyl (C=S) groups is 1. The van der Waals surface area contributed by atoms with E-state index in [-0.39, 0.29) is 29.3 Å². The molecule has 1 saturated heterocycles. The van der Waals surface area contributed by atoms with E-state index in [1.165, 1.54) is 30.6 Å². The highest BCUT2D eigenvalue weighted by atomic mass is 32.2. The SMILES string of the molecule is CC(=O)c1ccc(NC(=S)Nc2ccc(SC3CC(=O)N(C)C3=O)cc2)cc1. The fourth-order valence-electron chi connectivity index (χ4n) is 2.68. The molecule has 2 aromatic rings. The van der Waals surface area contributed by atoms with Crippen LogP contribution < -0.4 is 10.6 Å².